The smallest absolute Gasteiger partial charge is 0.274 e. The van der Waals surface area contributed by atoms with Crippen molar-refractivity contribution in [3.05, 3.63) is 88.1 Å². The largest absolute Gasteiger partial charge is 0.377 e. The van der Waals surface area contributed by atoms with E-state index >= 15 is 0 Å². The molecule has 8 heteroatoms. The molecule has 0 aliphatic rings. The zero-order valence-electron chi connectivity index (χ0n) is 14.3. The number of nitrogens with one attached hydrogen (secondary N) is 3. The molecule has 0 radical (unpaired) electrons. The van der Waals surface area contributed by atoms with Crippen molar-refractivity contribution < 1.29 is 4.39 Å². The van der Waals surface area contributed by atoms with Crippen LogP contribution in [-0.2, 0) is 13.1 Å². The van der Waals surface area contributed by atoms with Crippen LogP contribution >= 0.6 is 0 Å². The van der Waals surface area contributed by atoms with Crippen molar-refractivity contribution >= 4 is 17.4 Å². The fourth-order valence-corrected chi connectivity index (χ4v) is 2.67. The SMILES string of the molecule is O=c1cc(CNc2ccccc2F)nc2nc(NCc3ccccc3)[nH]n12. The van der Waals surface area contributed by atoms with Crippen LogP contribution in [0.15, 0.2) is 65.5 Å². The number of hydrogen-bond donors (Lipinski definition) is 3. The van der Waals surface area contributed by atoms with Gasteiger partial charge >= 0.3 is 0 Å². The van der Waals surface area contributed by atoms with E-state index in [9.17, 15) is 9.18 Å². The van der Waals surface area contributed by atoms with Crippen LogP contribution in [0.2, 0.25) is 0 Å². The van der Waals surface area contributed by atoms with Gasteiger partial charge in [-0.2, -0.15) is 9.50 Å². The molecule has 136 valence electrons. The molecule has 0 aliphatic heterocycles. The highest BCUT2D eigenvalue weighted by atomic mass is 19.1. The van der Waals surface area contributed by atoms with Crippen LogP contribution in [0.25, 0.3) is 5.78 Å². The standard InChI is InChI=1S/C19H17FN6O/c20-15-8-4-5-9-16(15)21-12-14-10-17(27)26-19(23-14)24-18(25-26)22-11-13-6-2-1-3-7-13/h1-10,21H,11-12H2,(H2,22,23,24,25). The lowest BCUT2D eigenvalue weighted by molar-refractivity contribution is 0.630. The van der Waals surface area contributed by atoms with Crippen LogP contribution in [0.3, 0.4) is 0 Å². The van der Waals surface area contributed by atoms with Crippen LogP contribution in [0.4, 0.5) is 16.0 Å². The Kier molecular flexibility index (Phi) is 4.52. The van der Waals surface area contributed by atoms with E-state index in [0.29, 0.717) is 23.9 Å². The van der Waals surface area contributed by atoms with Crippen molar-refractivity contribution in [2.24, 2.45) is 0 Å². The first-order chi connectivity index (χ1) is 13.2. The van der Waals surface area contributed by atoms with Gasteiger partial charge in [-0.15, -0.1) is 0 Å². The number of rotatable bonds is 6. The molecule has 2 aromatic heterocycles. The van der Waals surface area contributed by atoms with Crippen molar-refractivity contribution in [2.45, 2.75) is 13.1 Å². The highest BCUT2D eigenvalue weighted by Crippen LogP contribution is 2.13. The van der Waals surface area contributed by atoms with Crippen molar-refractivity contribution in [1.82, 2.24) is 19.6 Å². The Bertz CT molecular complexity index is 1120. The van der Waals surface area contributed by atoms with Gasteiger partial charge in [-0.1, -0.05) is 42.5 Å². The average Bonchev–Trinajstić information content (AvgIpc) is 3.10. The Balaban J connectivity index is 1.51. The van der Waals surface area contributed by atoms with Crippen LogP contribution in [0.1, 0.15) is 11.3 Å². The predicted molar refractivity (Wildman–Crippen MR) is 101 cm³/mol. The molecule has 0 saturated heterocycles. The van der Waals surface area contributed by atoms with Gasteiger partial charge in [0, 0.05) is 12.6 Å². The number of aromatic amines is 1. The second-order valence-electron chi connectivity index (χ2n) is 5.97. The van der Waals surface area contributed by atoms with E-state index in [1.807, 2.05) is 30.3 Å². The molecule has 0 fully saturated rings. The Morgan fingerprint density at radius 1 is 0.963 bits per heavy atom. The molecule has 0 spiro atoms. The third-order valence-electron chi connectivity index (χ3n) is 4.02. The monoisotopic (exact) mass is 364 g/mol. The van der Waals surface area contributed by atoms with Gasteiger partial charge in [-0.25, -0.2) is 9.37 Å². The molecule has 0 aliphatic carbocycles. The number of halogens is 1. The first-order valence-electron chi connectivity index (χ1n) is 8.44. The number of fused-ring (bicyclic) bond motifs is 1. The molecule has 0 unspecified atom stereocenters. The number of benzene rings is 2. The van der Waals surface area contributed by atoms with E-state index in [4.69, 9.17) is 0 Å². The molecule has 3 N–H and O–H groups in total. The van der Waals surface area contributed by atoms with Gasteiger partial charge < -0.3 is 10.6 Å². The summed E-state index contributed by atoms with van der Waals surface area (Å²) in [6.45, 7) is 0.781. The van der Waals surface area contributed by atoms with Crippen molar-refractivity contribution in [3.8, 4) is 0 Å². The second-order valence-corrected chi connectivity index (χ2v) is 5.97. The number of aromatic nitrogens is 4. The summed E-state index contributed by atoms with van der Waals surface area (Å²) in [5.41, 5.74) is 1.63. The van der Waals surface area contributed by atoms with Crippen molar-refractivity contribution in [2.75, 3.05) is 10.6 Å². The van der Waals surface area contributed by atoms with Gasteiger partial charge in [-0.05, 0) is 17.7 Å². The van der Waals surface area contributed by atoms with Crippen LogP contribution in [0, 0.1) is 5.82 Å². The van der Waals surface area contributed by atoms with Gasteiger partial charge in [0.05, 0.1) is 17.9 Å². The summed E-state index contributed by atoms with van der Waals surface area (Å²) in [4.78, 5) is 20.9. The highest BCUT2D eigenvalue weighted by molar-refractivity contribution is 5.45. The van der Waals surface area contributed by atoms with Gasteiger partial charge in [0.1, 0.15) is 5.82 Å². The van der Waals surface area contributed by atoms with Crippen LogP contribution in [-0.4, -0.2) is 19.6 Å². The molecule has 4 rings (SSSR count). The maximum atomic E-state index is 13.7. The van der Waals surface area contributed by atoms with Gasteiger partial charge in [0.2, 0.25) is 5.95 Å². The predicted octanol–water partition coefficient (Wildman–Crippen LogP) is 2.78. The third kappa shape index (κ3) is 3.79. The summed E-state index contributed by atoms with van der Waals surface area (Å²) in [6.07, 6.45) is 0. The molecule has 0 saturated carbocycles. The highest BCUT2D eigenvalue weighted by Gasteiger charge is 2.09. The Hall–Kier alpha value is -3.68. The topological polar surface area (TPSA) is 87.1 Å². The number of H-pyrrole nitrogens is 1. The molecule has 0 atom stereocenters. The lowest BCUT2D eigenvalue weighted by Crippen LogP contribution is -2.17. The zero-order valence-corrected chi connectivity index (χ0v) is 14.3. The molecule has 2 aromatic carbocycles. The zero-order chi connectivity index (χ0) is 18.6. The molecular formula is C19H17FN6O. The van der Waals surface area contributed by atoms with E-state index in [2.05, 4.69) is 25.7 Å². The summed E-state index contributed by atoms with van der Waals surface area (Å²) < 4.78 is 14.9. The summed E-state index contributed by atoms with van der Waals surface area (Å²) in [5, 5.41) is 8.95. The average molecular weight is 364 g/mol. The molecule has 4 aromatic rings. The minimum Gasteiger partial charge on any atom is -0.377 e. The lowest BCUT2D eigenvalue weighted by Gasteiger charge is -2.06. The Labute approximate surface area is 153 Å². The maximum Gasteiger partial charge on any atom is 0.274 e. The molecule has 27 heavy (non-hydrogen) atoms. The lowest BCUT2D eigenvalue weighted by atomic mass is 10.2. The van der Waals surface area contributed by atoms with E-state index in [1.165, 1.54) is 16.6 Å². The third-order valence-corrected chi connectivity index (χ3v) is 4.02. The molecule has 2 heterocycles. The summed E-state index contributed by atoms with van der Waals surface area (Å²) in [6, 6.07) is 17.6. The summed E-state index contributed by atoms with van der Waals surface area (Å²) in [7, 11) is 0. The van der Waals surface area contributed by atoms with Crippen LogP contribution in [0.5, 0.6) is 0 Å². The Morgan fingerprint density at radius 3 is 2.56 bits per heavy atom. The Morgan fingerprint density at radius 2 is 1.74 bits per heavy atom. The van der Waals surface area contributed by atoms with Crippen LogP contribution < -0.4 is 16.2 Å². The number of hydrogen-bond acceptors (Lipinski definition) is 5. The maximum absolute atomic E-state index is 13.7. The van der Waals surface area contributed by atoms with Gasteiger partial charge in [0.15, 0.2) is 0 Å². The molecular weight excluding hydrogens is 347 g/mol. The number of nitrogens with zero attached hydrogens (tertiary/aromatic N) is 3. The van der Waals surface area contributed by atoms with E-state index < -0.39 is 0 Å². The number of para-hydroxylation sites is 1. The molecule has 0 bridgehead atoms. The van der Waals surface area contributed by atoms with Gasteiger partial charge in [-0.3, -0.25) is 9.89 Å². The van der Waals surface area contributed by atoms with E-state index in [0.717, 1.165) is 5.56 Å². The minimum absolute atomic E-state index is 0.215. The van der Waals surface area contributed by atoms with E-state index in [1.54, 1.807) is 18.2 Å². The first kappa shape index (κ1) is 16.8. The number of anilines is 2. The fraction of sp³-hybridized carbons (Fsp3) is 0.105. The minimum atomic E-state index is -0.359. The summed E-state index contributed by atoms with van der Waals surface area (Å²) in [5.74, 6) is 0.341. The van der Waals surface area contributed by atoms with Crippen molar-refractivity contribution in [1.29, 1.82) is 0 Å². The van der Waals surface area contributed by atoms with Gasteiger partial charge in [0.25, 0.3) is 11.3 Å². The first-order valence-corrected chi connectivity index (χ1v) is 8.44. The molecule has 7 nitrogen and oxygen atoms in total. The normalized spacial score (nSPS) is 10.9. The molecule has 0 amide bonds. The fourth-order valence-electron chi connectivity index (χ4n) is 2.67. The van der Waals surface area contributed by atoms with Crippen molar-refractivity contribution in [3.63, 3.8) is 0 Å². The summed E-state index contributed by atoms with van der Waals surface area (Å²) >= 11 is 0. The van der Waals surface area contributed by atoms with E-state index in [-0.39, 0.29) is 23.7 Å². The second kappa shape index (κ2) is 7.28. The quantitative estimate of drug-likeness (QED) is 0.490.